The molecule has 0 spiro atoms. The number of anilines is 3. The first-order valence-corrected chi connectivity index (χ1v) is 18.5. The van der Waals surface area contributed by atoms with Crippen LogP contribution in [0.2, 0.25) is 0 Å². The molecule has 1 heteroatoms. The van der Waals surface area contributed by atoms with Gasteiger partial charge in [-0.3, -0.25) is 0 Å². The third-order valence-corrected chi connectivity index (χ3v) is 9.81. The molecule has 258 valence electrons. The van der Waals surface area contributed by atoms with Crippen molar-refractivity contribution < 1.29 is 0 Å². The third kappa shape index (κ3) is 7.62. The van der Waals surface area contributed by atoms with Crippen molar-refractivity contribution in [3.63, 3.8) is 0 Å². The van der Waals surface area contributed by atoms with Crippen LogP contribution in [-0.4, -0.2) is 0 Å². The lowest BCUT2D eigenvalue weighted by molar-refractivity contribution is 1.29. The van der Waals surface area contributed by atoms with Gasteiger partial charge in [-0.2, -0.15) is 0 Å². The molecule has 0 unspecified atom stereocenters. The number of allylic oxidation sites excluding steroid dienone is 2. The van der Waals surface area contributed by atoms with Gasteiger partial charge in [-0.25, -0.2) is 0 Å². The maximum absolute atomic E-state index is 2.38. The van der Waals surface area contributed by atoms with Gasteiger partial charge >= 0.3 is 0 Å². The van der Waals surface area contributed by atoms with Crippen molar-refractivity contribution in [3.8, 4) is 0 Å². The Balaban J connectivity index is 1.18. The first-order chi connectivity index (χ1) is 26.7. The van der Waals surface area contributed by atoms with Gasteiger partial charge in [0.1, 0.15) is 0 Å². The van der Waals surface area contributed by atoms with Gasteiger partial charge in [0.15, 0.2) is 0 Å². The second-order valence-electron chi connectivity index (χ2n) is 13.4. The quantitative estimate of drug-likeness (QED) is 0.102. The molecule has 0 N–H and O–H groups in total. The number of hydrogen-bond acceptors (Lipinski definition) is 1. The number of rotatable bonds is 10. The second kappa shape index (κ2) is 16.2. The lowest BCUT2D eigenvalue weighted by Gasteiger charge is -2.27. The number of hydrogen-bond donors (Lipinski definition) is 0. The largest absolute Gasteiger partial charge is 0.310 e. The van der Waals surface area contributed by atoms with Crippen molar-refractivity contribution in [1.82, 2.24) is 0 Å². The molecule has 0 aliphatic heterocycles. The zero-order valence-corrected chi connectivity index (χ0v) is 30.4. The van der Waals surface area contributed by atoms with Crippen LogP contribution in [0.25, 0.3) is 34.1 Å². The lowest BCUT2D eigenvalue weighted by atomic mass is 9.93. The van der Waals surface area contributed by atoms with Crippen molar-refractivity contribution in [3.05, 3.63) is 257 Å². The van der Waals surface area contributed by atoms with Crippen LogP contribution in [0.3, 0.4) is 0 Å². The first kappa shape index (κ1) is 34.1. The van der Waals surface area contributed by atoms with Crippen LogP contribution in [0.5, 0.6) is 0 Å². The first-order valence-electron chi connectivity index (χ1n) is 18.5. The van der Waals surface area contributed by atoms with Crippen molar-refractivity contribution in [2.45, 2.75) is 6.92 Å². The summed E-state index contributed by atoms with van der Waals surface area (Å²) in [5, 5.41) is 2.39. The highest BCUT2D eigenvalue weighted by molar-refractivity contribution is 6.05. The minimum Gasteiger partial charge on any atom is -0.310 e. The molecule has 54 heavy (non-hydrogen) atoms. The predicted molar refractivity (Wildman–Crippen MR) is 232 cm³/mol. The van der Waals surface area contributed by atoms with E-state index in [4.69, 9.17) is 0 Å². The Morgan fingerprint density at radius 1 is 0.407 bits per heavy atom. The zero-order chi connectivity index (χ0) is 36.5. The number of nitrogens with zero attached hydrogens (tertiary/aromatic N) is 1. The molecule has 0 atom stereocenters. The van der Waals surface area contributed by atoms with Gasteiger partial charge in [-0.1, -0.05) is 200 Å². The summed E-state index contributed by atoms with van der Waals surface area (Å²) in [4.78, 5) is 2.38. The molecule has 0 saturated heterocycles. The van der Waals surface area contributed by atoms with Crippen LogP contribution in [-0.2, 0) is 0 Å². The summed E-state index contributed by atoms with van der Waals surface area (Å²) in [6.07, 6.45) is 8.88. The minimum atomic E-state index is 1.10. The zero-order valence-electron chi connectivity index (χ0n) is 30.4. The lowest BCUT2D eigenvalue weighted by Crippen LogP contribution is -2.10. The van der Waals surface area contributed by atoms with Crippen LogP contribution >= 0.6 is 0 Å². The van der Waals surface area contributed by atoms with Crippen molar-refractivity contribution in [1.29, 1.82) is 0 Å². The number of aryl methyl sites for hydroxylation is 1. The molecular formula is C53H41N. The van der Waals surface area contributed by atoms with Gasteiger partial charge in [0.2, 0.25) is 0 Å². The number of benzene rings is 8. The molecule has 8 rings (SSSR count). The maximum atomic E-state index is 2.38. The van der Waals surface area contributed by atoms with E-state index in [0.29, 0.717) is 0 Å². The van der Waals surface area contributed by atoms with Gasteiger partial charge in [0, 0.05) is 16.8 Å². The average Bonchev–Trinajstić information content (AvgIpc) is 3.24. The smallest absolute Gasteiger partial charge is 0.0540 e. The van der Waals surface area contributed by atoms with Gasteiger partial charge in [0.25, 0.3) is 0 Å². The summed E-state index contributed by atoms with van der Waals surface area (Å²) >= 11 is 0. The van der Waals surface area contributed by atoms with E-state index in [1.807, 2.05) is 0 Å². The van der Waals surface area contributed by atoms with E-state index in [1.54, 1.807) is 0 Å². The van der Waals surface area contributed by atoms with Crippen molar-refractivity contribution in [2.24, 2.45) is 0 Å². The van der Waals surface area contributed by atoms with E-state index in [2.05, 4.69) is 242 Å². The molecule has 0 radical (unpaired) electrons. The van der Waals surface area contributed by atoms with E-state index in [1.165, 1.54) is 55.3 Å². The monoisotopic (exact) mass is 691 g/mol. The predicted octanol–water partition coefficient (Wildman–Crippen LogP) is 14.4. The number of fused-ring (bicyclic) bond motifs is 1. The highest BCUT2D eigenvalue weighted by Gasteiger charge is 2.17. The molecule has 0 aliphatic rings. The summed E-state index contributed by atoms with van der Waals surface area (Å²) < 4.78 is 0. The summed E-state index contributed by atoms with van der Waals surface area (Å²) in [6, 6.07) is 73.5. The van der Waals surface area contributed by atoms with Crippen LogP contribution in [0.4, 0.5) is 17.1 Å². The van der Waals surface area contributed by atoms with Gasteiger partial charge in [0.05, 0.1) is 5.69 Å². The summed E-state index contributed by atoms with van der Waals surface area (Å²) in [5.74, 6) is 0. The van der Waals surface area contributed by atoms with Crippen LogP contribution < -0.4 is 4.90 Å². The average molecular weight is 692 g/mol. The topological polar surface area (TPSA) is 3.24 Å². The van der Waals surface area contributed by atoms with Crippen LogP contribution in [0.1, 0.15) is 38.9 Å². The fourth-order valence-corrected chi connectivity index (χ4v) is 7.06. The fraction of sp³-hybridized carbons (Fsp3) is 0.0189. The standard InChI is InChI=1S/C53H41N/c1-40-29-34-47(35-30-40)54(48-36-31-41(32-37-48)17-16-28-49(42-18-6-2-7-19-42)43-20-8-3-9-21-43)53-38-33-46(50-26-14-15-27-51(50)53)39-52(44-22-10-4-11-23-44)45-24-12-5-13-25-45/h2-39H,1H3. The normalized spacial score (nSPS) is 11.0. The molecule has 0 aromatic heterocycles. The van der Waals surface area contributed by atoms with E-state index >= 15 is 0 Å². The Morgan fingerprint density at radius 2 is 0.852 bits per heavy atom. The Bertz CT molecular complexity index is 2460. The molecule has 0 aliphatic carbocycles. The summed E-state index contributed by atoms with van der Waals surface area (Å²) in [7, 11) is 0. The van der Waals surface area contributed by atoms with Crippen LogP contribution in [0.15, 0.2) is 218 Å². The minimum absolute atomic E-state index is 1.10. The highest BCUT2D eigenvalue weighted by atomic mass is 15.1. The van der Waals surface area contributed by atoms with Gasteiger partial charge < -0.3 is 4.90 Å². The second-order valence-corrected chi connectivity index (χ2v) is 13.4. The molecule has 0 heterocycles. The van der Waals surface area contributed by atoms with Crippen LogP contribution in [0, 0.1) is 6.92 Å². The molecule has 0 bridgehead atoms. The molecule has 0 amide bonds. The van der Waals surface area contributed by atoms with Crippen molar-refractivity contribution >= 4 is 51.1 Å². The summed E-state index contributed by atoms with van der Waals surface area (Å²) in [5.41, 5.74) is 14.1. The molecule has 0 saturated carbocycles. The van der Waals surface area contributed by atoms with E-state index in [9.17, 15) is 0 Å². The SMILES string of the molecule is Cc1ccc(N(c2ccc(C=CC=C(c3ccccc3)c3ccccc3)cc2)c2ccc(C=C(c3ccccc3)c3ccccc3)c3ccccc23)cc1. The Hall–Kier alpha value is -6.96. The highest BCUT2D eigenvalue weighted by Crippen LogP contribution is 2.41. The third-order valence-electron chi connectivity index (χ3n) is 9.81. The van der Waals surface area contributed by atoms with Crippen molar-refractivity contribution in [2.75, 3.05) is 4.90 Å². The molecule has 8 aromatic rings. The Labute approximate surface area is 319 Å². The molecule has 0 fully saturated rings. The Morgan fingerprint density at radius 3 is 1.37 bits per heavy atom. The molecule has 8 aromatic carbocycles. The Kier molecular flexibility index (Phi) is 10.2. The molecular weight excluding hydrogens is 651 g/mol. The van der Waals surface area contributed by atoms with Gasteiger partial charge in [-0.05, 0) is 93.2 Å². The van der Waals surface area contributed by atoms with E-state index in [0.717, 1.165) is 22.6 Å². The van der Waals surface area contributed by atoms with Gasteiger partial charge in [-0.15, -0.1) is 0 Å². The molecule has 1 nitrogen and oxygen atoms in total. The summed E-state index contributed by atoms with van der Waals surface area (Å²) in [6.45, 7) is 2.14. The van der Waals surface area contributed by atoms with E-state index < -0.39 is 0 Å². The maximum Gasteiger partial charge on any atom is 0.0540 e. The fourth-order valence-electron chi connectivity index (χ4n) is 7.06. The van der Waals surface area contributed by atoms with E-state index in [-0.39, 0.29) is 0 Å².